The Kier molecular flexibility index (Phi) is 2.68. The number of alkyl halides is 1. The third kappa shape index (κ3) is 1.75. The SMILES string of the molecule is COC(=O)C1=C(O)CC(F)CC1. The summed E-state index contributed by atoms with van der Waals surface area (Å²) in [5.41, 5.74) is 0.214. The monoisotopic (exact) mass is 174 g/mol. The summed E-state index contributed by atoms with van der Waals surface area (Å²) >= 11 is 0. The van der Waals surface area contributed by atoms with Crippen LogP contribution in [0.25, 0.3) is 0 Å². The van der Waals surface area contributed by atoms with Crippen LogP contribution in [0.15, 0.2) is 11.3 Å². The molecule has 0 spiro atoms. The zero-order valence-corrected chi connectivity index (χ0v) is 6.84. The molecule has 1 aliphatic carbocycles. The number of carbonyl (C=O) groups excluding carboxylic acids is 1. The Hall–Kier alpha value is -1.06. The number of rotatable bonds is 1. The Balaban J connectivity index is 2.75. The molecule has 0 saturated heterocycles. The van der Waals surface area contributed by atoms with Crippen LogP contribution in [0, 0.1) is 0 Å². The van der Waals surface area contributed by atoms with E-state index in [0.29, 0.717) is 0 Å². The third-order valence-electron chi connectivity index (χ3n) is 1.90. The lowest BCUT2D eigenvalue weighted by molar-refractivity contribution is -0.136. The molecule has 0 aromatic rings. The van der Waals surface area contributed by atoms with E-state index in [1.54, 1.807) is 0 Å². The highest BCUT2D eigenvalue weighted by atomic mass is 19.1. The van der Waals surface area contributed by atoms with Crippen molar-refractivity contribution in [2.24, 2.45) is 0 Å². The molecule has 0 fully saturated rings. The van der Waals surface area contributed by atoms with Crippen molar-refractivity contribution in [3.8, 4) is 0 Å². The van der Waals surface area contributed by atoms with E-state index in [1.807, 2.05) is 0 Å². The average molecular weight is 174 g/mol. The van der Waals surface area contributed by atoms with E-state index in [0.717, 1.165) is 0 Å². The second-order valence-corrected chi connectivity index (χ2v) is 2.76. The fourth-order valence-corrected chi connectivity index (χ4v) is 1.22. The van der Waals surface area contributed by atoms with Crippen molar-refractivity contribution in [1.82, 2.24) is 0 Å². The number of allylic oxidation sites excluding steroid dienone is 1. The van der Waals surface area contributed by atoms with Crippen LogP contribution in [0.4, 0.5) is 4.39 Å². The van der Waals surface area contributed by atoms with Crippen molar-refractivity contribution < 1.29 is 19.0 Å². The van der Waals surface area contributed by atoms with Gasteiger partial charge in [0.1, 0.15) is 11.9 Å². The molecule has 1 rings (SSSR count). The molecule has 0 aromatic heterocycles. The maximum absolute atomic E-state index is 12.6. The van der Waals surface area contributed by atoms with E-state index in [1.165, 1.54) is 7.11 Å². The van der Waals surface area contributed by atoms with E-state index in [4.69, 9.17) is 0 Å². The smallest absolute Gasteiger partial charge is 0.337 e. The predicted octanol–water partition coefficient (Wildman–Crippen LogP) is 1.49. The fourth-order valence-electron chi connectivity index (χ4n) is 1.22. The highest BCUT2D eigenvalue weighted by Gasteiger charge is 2.24. The van der Waals surface area contributed by atoms with Gasteiger partial charge in [0.25, 0.3) is 0 Å². The summed E-state index contributed by atoms with van der Waals surface area (Å²) in [7, 11) is 1.24. The van der Waals surface area contributed by atoms with Crippen LogP contribution in [0.2, 0.25) is 0 Å². The molecule has 0 aliphatic heterocycles. The number of aliphatic hydroxyl groups is 1. The molecule has 4 heteroatoms. The molecular weight excluding hydrogens is 163 g/mol. The van der Waals surface area contributed by atoms with Gasteiger partial charge in [-0.1, -0.05) is 0 Å². The minimum Gasteiger partial charge on any atom is -0.512 e. The van der Waals surface area contributed by atoms with E-state index >= 15 is 0 Å². The minimum absolute atomic E-state index is 0.0650. The van der Waals surface area contributed by atoms with Crippen LogP contribution in [0.3, 0.4) is 0 Å². The summed E-state index contributed by atoms with van der Waals surface area (Å²) < 4.78 is 17.0. The van der Waals surface area contributed by atoms with Crippen molar-refractivity contribution in [3.05, 3.63) is 11.3 Å². The van der Waals surface area contributed by atoms with Crippen molar-refractivity contribution in [2.75, 3.05) is 7.11 Å². The lowest BCUT2D eigenvalue weighted by Crippen LogP contribution is -2.17. The first-order chi connectivity index (χ1) is 5.65. The van der Waals surface area contributed by atoms with E-state index in [2.05, 4.69) is 4.74 Å². The van der Waals surface area contributed by atoms with Crippen LogP contribution in [-0.4, -0.2) is 24.4 Å². The Morgan fingerprint density at radius 1 is 1.75 bits per heavy atom. The molecule has 12 heavy (non-hydrogen) atoms. The van der Waals surface area contributed by atoms with Gasteiger partial charge in [-0.25, -0.2) is 9.18 Å². The molecule has 1 aliphatic rings. The number of ether oxygens (including phenoxy) is 1. The summed E-state index contributed by atoms with van der Waals surface area (Å²) in [5.74, 6) is -0.722. The maximum Gasteiger partial charge on any atom is 0.337 e. The van der Waals surface area contributed by atoms with E-state index < -0.39 is 12.1 Å². The quantitative estimate of drug-likeness (QED) is 0.612. The first kappa shape index (κ1) is 9.03. The summed E-state index contributed by atoms with van der Waals surface area (Å²) in [4.78, 5) is 10.9. The van der Waals surface area contributed by atoms with Crippen molar-refractivity contribution in [3.63, 3.8) is 0 Å². The number of aliphatic hydroxyl groups excluding tert-OH is 1. The van der Waals surface area contributed by atoms with Crippen LogP contribution < -0.4 is 0 Å². The Bertz CT molecular complexity index is 222. The van der Waals surface area contributed by atoms with Gasteiger partial charge in [-0.2, -0.15) is 0 Å². The fraction of sp³-hybridized carbons (Fsp3) is 0.625. The summed E-state index contributed by atoms with van der Waals surface area (Å²) in [6.07, 6.45) is -0.545. The van der Waals surface area contributed by atoms with Crippen LogP contribution in [0.5, 0.6) is 0 Å². The van der Waals surface area contributed by atoms with E-state index in [9.17, 15) is 14.3 Å². The molecule has 0 bridgehead atoms. The zero-order valence-electron chi connectivity index (χ0n) is 6.84. The molecule has 68 valence electrons. The van der Waals surface area contributed by atoms with Gasteiger partial charge < -0.3 is 9.84 Å². The molecule has 0 radical (unpaired) electrons. The average Bonchev–Trinajstić information content (AvgIpc) is 2.03. The zero-order chi connectivity index (χ0) is 9.14. The number of hydrogen-bond donors (Lipinski definition) is 1. The third-order valence-corrected chi connectivity index (χ3v) is 1.90. The second kappa shape index (κ2) is 3.56. The first-order valence-corrected chi connectivity index (χ1v) is 3.78. The Labute approximate surface area is 69.8 Å². The van der Waals surface area contributed by atoms with Gasteiger partial charge in [0.05, 0.1) is 12.7 Å². The number of methoxy groups -OCH3 is 1. The minimum atomic E-state index is -1.03. The van der Waals surface area contributed by atoms with Crippen LogP contribution >= 0.6 is 0 Å². The van der Waals surface area contributed by atoms with Gasteiger partial charge >= 0.3 is 5.97 Å². The van der Waals surface area contributed by atoms with Gasteiger partial charge in [0.15, 0.2) is 0 Å². The normalized spacial score (nSPS) is 24.0. The highest BCUT2D eigenvalue weighted by molar-refractivity contribution is 5.89. The number of carbonyl (C=O) groups is 1. The lowest BCUT2D eigenvalue weighted by Gasteiger charge is -2.17. The number of halogens is 1. The maximum atomic E-state index is 12.6. The van der Waals surface area contributed by atoms with Gasteiger partial charge in [-0.15, -0.1) is 0 Å². The Morgan fingerprint density at radius 3 is 2.92 bits per heavy atom. The number of hydrogen-bond acceptors (Lipinski definition) is 3. The largest absolute Gasteiger partial charge is 0.512 e. The van der Waals surface area contributed by atoms with Crippen LogP contribution in [0.1, 0.15) is 19.3 Å². The lowest BCUT2D eigenvalue weighted by atomic mass is 9.96. The van der Waals surface area contributed by atoms with Crippen molar-refractivity contribution >= 4 is 5.97 Å². The number of esters is 1. The summed E-state index contributed by atoms with van der Waals surface area (Å²) in [5, 5.41) is 9.18. The molecule has 1 N–H and O–H groups in total. The standard InChI is InChI=1S/C8H11FO3/c1-12-8(11)6-3-2-5(9)4-7(6)10/h5,10H,2-4H2,1H3. The summed E-state index contributed by atoms with van der Waals surface area (Å²) in [6.45, 7) is 0. The van der Waals surface area contributed by atoms with Crippen molar-refractivity contribution in [1.29, 1.82) is 0 Å². The molecule has 1 atom stereocenters. The molecule has 0 aromatic carbocycles. The molecule has 1 unspecified atom stereocenters. The highest BCUT2D eigenvalue weighted by Crippen LogP contribution is 2.25. The van der Waals surface area contributed by atoms with Crippen LogP contribution in [-0.2, 0) is 9.53 Å². The Morgan fingerprint density at radius 2 is 2.42 bits per heavy atom. The van der Waals surface area contributed by atoms with E-state index in [-0.39, 0.29) is 30.6 Å². The molecule has 0 saturated carbocycles. The summed E-state index contributed by atoms with van der Waals surface area (Å²) in [6, 6.07) is 0. The second-order valence-electron chi connectivity index (χ2n) is 2.76. The molecular formula is C8H11FO3. The van der Waals surface area contributed by atoms with Gasteiger partial charge in [0.2, 0.25) is 0 Å². The van der Waals surface area contributed by atoms with Gasteiger partial charge in [0, 0.05) is 6.42 Å². The van der Waals surface area contributed by atoms with Crippen molar-refractivity contribution in [2.45, 2.75) is 25.4 Å². The van der Waals surface area contributed by atoms with Gasteiger partial charge in [-0.3, -0.25) is 0 Å². The molecule has 0 amide bonds. The van der Waals surface area contributed by atoms with Gasteiger partial charge in [-0.05, 0) is 12.8 Å². The first-order valence-electron chi connectivity index (χ1n) is 3.78. The molecule has 0 heterocycles. The molecule has 3 nitrogen and oxygen atoms in total. The predicted molar refractivity (Wildman–Crippen MR) is 40.4 cm³/mol. The topological polar surface area (TPSA) is 46.5 Å².